The summed E-state index contributed by atoms with van der Waals surface area (Å²) in [6.07, 6.45) is 1.64. The van der Waals surface area contributed by atoms with Gasteiger partial charge in [-0.25, -0.2) is 9.37 Å². The molecule has 0 unspecified atom stereocenters. The Hall–Kier alpha value is -0.940. The molecule has 0 radical (unpaired) electrons. The van der Waals surface area contributed by atoms with Crippen molar-refractivity contribution in [2.24, 2.45) is 0 Å². The van der Waals surface area contributed by atoms with E-state index < -0.39 is 0 Å². The van der Waals surface area contributed by atoms with Gasteiger partial charge in [0, 0.05) is 11.8 Å². The normalized spacial score (nSPS) is 10.4. The maximum absolute atomic E-state index is 13.2. The molecule has 1 aromatic carbocycles. The molecule has 0 saturated carbocycles. The van der Waals surface area contributed by atoms with Crippen LogP contribution in [0.4, 0.5) is 9.52 Å². The second-order valence-electron chi connectivity index (χ2n) is 2.66. The van der Waals surface area contributed by atoms with Crippen LogP contribution in [0.1, 0.15) is 0 Å². The predicted molar refractivity (Wildman–Crippen MR) is 59.6 cm³/mol. The van der Waals surface area contributed by atoms with Gasteiger partial charge in [0.1, 0.15) is 5.82 Å². The van der Waals surface area contributed by atoms with Crippen LogP contribution in [0.2, 0.25) is 0 Å². The first-order valence-corrected chi connectivity index (χ1v) is 5.45. The molecule has 0 amide bonds. The van der Waals surface area contributed by atoms with Gasteiger partial charge in [0.15, 0.2) is 5.13 Å². The predicted octanol–water partition coefficient (Wildman–Crippen LogP) is 3.29. The molecule has 0 fully saturated rings. The topological polar surface area (TPSA) is 38.9 Å². The Morgan fingerprint density at radius 3 is 2.86 bits per heavy atom. The zero-order valence-corrected chi connectivity index (χ0v) is 9.40. The number of hydrogen-bond donors (Lipinski definition) is 1. The molecule has 0 saturated heterocycles. The van der Waals surface area contributed by atoms with Crippen molar-refractivity contribution in [3.05, 3.63) is 34.7 Å². The van der Waals surface area contributed by atoms with E-state index >= 15 is 0 Å². The largest absolute Gasteiger partial charge is 0.375 e. The summed E-state index contributed by atoms with van der Waals surface area (Å²) in [6.45, 7) is 0. The van der Waals surface area contributed by atoms with Gasteiger partial charge < -0.3 is 5.73 Å². The number of anilines is 1. The van der Waals surface area contributed by atoms with Crippen molar-refractivity contribution in [3.63, 3.8) is 0 Å². The van der Waals surface area contributed by atoms with E-state index in [-0.39, 0.29) is 5.82 Å². The second kappa shape index (κ2) is 3.67. The second-order valence-corrected chi connectivity index (χ2v) is 4.52. The molecule has 2 aromatic rings. The Morgan fingerprint density at radius 1 is 1.43 bits per heavy atom. The fourth-order valence-electron chi connectivity index (χ4n) is 1.11. The summed E-state index contributed by atoms with van der Waals surface area (Å²) in [5.74, 6) is -0.283. The van der Waals surface area contributed by atoms with Gasteiger partial charge in [0.25, 0.3) is 0 Å². The van der Waals surface area contributed by atoms with Crippen molar-refractivity contribution in [2.45, 2.75) is 0 Å². The minimum Gasteiger partial charge on any atom is -0.375 e. The van der Waals surface area contributed by atoms with E-state index in [1.807, 2.05) is 6.07 Å². The van der Waals surface area contributed by atoms with Crippen LogP contribution in [0.25, 0.3) is 10.4 Å². The molecule has 0 atom stereocenters. The number of nitrogens with two attached hydrogens (primary N) is 1. The summed E-state index contributed by atoms with van der Waals surface area (Å²) in [7, 11) is 0. The number of thiazole rings is 1. The average molecular weight is 273 g/mol. The van der Waals surface area contributed by atoms with Gasteiger partial charge in [-0.15, -0.1) is 0 Å². The lowest BCUT2D eigenvalue weighted by Crippen LogP contribution is -1.80. The first-order valence-electron chi connectivity index (χ1n) is 3.84. The Kier molecular flexibility index (Phi) is 2.52. The number of nitrogen functional groups attached to an aromatic ring is 1. The van der Waals surface area contributed by atoms with E-state index in [9.17, 15) is 4.39 Å². The number of rotatable bonds is 1. The third-order valence-electron chi connectivity index (χ3n) is 1.74. The molecule has 2 nitrogen and oxygen atoms in total. The van der Waals surface area contributed by atoms with E-state index in [2.05, 4.69) is 20.9 Å². The summed E-state index contributed by atoms with van der Waals surface area (Å²) in [6, 6.07) is 4.88. The lowest BCUT2D eigenvalue weighted by Gasteiger charge is -2.00. The summed E-state index contributed by atoms with van der Waals surface area (Å²) in [5, 5.41) is 0.483. The lowest BCUT2D eigenvalue weighted by molar-refractivity contribution is 0.622. The maximum atomic E-state index is 13.2. The van der Waals surface area contributed by atoms with Crippen LogP contribution in [0.15, 0.2) is 28.9 Å². The zero-order chi connectivity index (χ0) is 10.1. The molecule has 14 heavy (non-hydrogen) atoms. The van der Waals surface area contributed by atoms with Crippen LogP contribution < -0.4 is 5.73 Å². The maximum Gasteiger partial charge on any atom is 0.180 e. The first kappa shape index (κ1) is 9.61. The van der Waals surface area contributed by atoms with Crippen molar-refractivity contribution in [3.8, 4) is 10.4 Å². The smallest absolute Gasteiger partial charge is 0.180 e. The van der Waals surface area contributed by atoms with Gasteiger partial charge in [-0.1, -0.05) is 23.5 Å². The van der Waals surface area contributed by atoms with E-state index in [1.165, 1.54) is 17.4 Å². The SMILES string of the molecule is Nc1ncc(-c2cccc(F)c2Br)s1. The van der Waals surface area contributed by atoms with Crippen molar-refractivity contribution >= 4 is 32.4 Å². The van der Waals surface area contributed by atoms with Crippen molar-refractivity contribution in [1.82, 2.24) is 4.98 Å². The highest BCUT2D eigenvalue weighted by Gasteiger charge is 2.09. The van der Waals surface area contributed by atoms with Gasteiger partial charge in [-0.05, 0) is 22.0 Å². The van der Waals surface area contributed by atoms with Crippen LogP contribution in [-0.4, -0.2) is 4.98 Å². The van der Waals surface area contributed by atoms with Crippen LogP contribution >= 0.6 is 27.3 Å². The molecular weight excluding hydrogens is 267 g/mol. The van der Waals surface area contributed by atoms with Crippen LogP contribution in [-0.2, 0) is 0 Å². The van der Waals surface area contributed by atoms with Crippen LogP contribution in [0.3, 0.4) is 0 Å². The Morgan fingerprint density at radius 2 is 2.21 bits per heavy atom. The van der Waals surface area contributed by atoms with Crippen molar-refractivity contribution in [1.29, 1.82) is 0 Å². The molecule has 0 aliphatic rings. The van der Waals surface area contributed by atoms with Gasteiger partial charge in [-0.3, -0.25) is 0 Å². The van der Waals surface area contributed by atoms with Gasteiger partial charge in [0.2, 0.25) is 0 Å². The molecule has 1 heterocycles. The van der Waals surface area contributed by atoms with Crippen molar-refractivity contribution < 1.29 is 4.39 Å². The fraction of sp³-hybridized carbons (Fsp3) is 0. The first-order chi connectivity index (χ1) is 6.68. The lowest BCUT2D eigenvalue weighted by atomic mass is 10.2. The molecule has 1 aromatic heterocycles. The number of benzene rings is 1. The Bertz CT molecular complexity index is 470. The molecule has 0 aliphatic carbocycles. The molecule has 5 heteroatoms. The van der Waals surface area contributed by atoms with Gasteiger partial charge >= 0.3 is 0 Å². The number of aromatic nitrogens is 1. The van der Waals surface area contributed by atoms with Gasteiger partial charge in [-0.2, -0.15) is 0 Å². The highest BCUT2D eigenvalue weighted by Crippen LogP contribution is 2.34. The average Bonchev–Trinajstić information content (AvgIpc) is 2.57. The fourth-order valence-corrected chi connectivity index (χ4v) is 2.43. The van der Waals surface area contributed by atoms with E-state index in [0.717, 1.165) is 10.4 Å². The third kappa shape index (κ3) is 1.65. The summed E-state index contributed by atoms with van der Waals surface area (Å²) in [5.41, 5.74) is 6.28. The highest BCUT2D eigenvalue weighted by atomic mass is 79.9. The molecular formula is C9H6BrFN2S. The molecule has 2 rings (SSSR count). The van der Waals surface area contributed by atoms with E-state index in [1.54, 1.807) is 12.3 Å². The zero-order valence-electron chi connectivity index (χ0n) is 7.00. The molecule has 72 valence electrons. The summed E-state index contributed by atoms with van der Waals surface area (Å²) >= 11 is 4.52. The standard InChI is InChI=1S/C9H6BrFN2S/c10-8-5(2-1-3-6(8)11)7-4-13-9(12)14-7/h1-4H,(H2,12,13). The Labute approximate surface area is 92.7 Å². The molecule has 0 spiro atoms. The van der Waals surface area contributed by atoms with Crippen molar-refractivity contribution in [2.75, 3.05) is 5.73 Å². The molecule has 0 bridgehead atoms. The minimum atomic E-state index is -0.283. The summed E-state index contributed by atoms with van der Waals surface area (Å²) in [4.78, 5) is 4.77. The number of halogens is 2. The monoisotopic (exact) mass is 272 g/mol. The van der Waals surface area contributed by atoms with E-state index in [4.69, 9.17) is 5.73 Å². The Balaban J connectivity index is 2.57. The minimum absolute atomic E-state index is 0.283. The van der Waals surface area contributed by atoms with E-state index in [0.29, 0.717) is 9.60 Å². The number of nitrogens with zero attached hydrogens (tertiary/aromatic N) is 1. The highest BCUT2D eigenvalue weighted by molar-refractivity contribution is 9.10. The quantitative estimate of drug-likeness (QED) is 0.865. The number of hydrogen-bond acceptors (Lipinski definition) is 3. The van der Waals surface area contributed by atoms with Crippen LogP contribution in [0, 0.1) is 5.82 Å². The third-order valence-corrected chi connectivity index (χ3v) is 3.41. The molecule has 2 N–H and O–H groups in total. The van der Waals surface area contributed by atoms with Crippen LogP contribution in [0.5, 0.6) is 0 Å². The van der Waals surface area contributed by atoms with Gasteiger partial charge in [0.05, 0.1) is 9.35 Å². The summed E-state index contributed by atoms with van der Waals surface area (Å²) < 4.78 is 13.6. The molecule has 0 aliphatic heterocycles.